The predicted octanol–water partition coefficient (Wildman–Crippen LogP) is 19.6. The van der Waals surface area contributed by atoms with Crippen molar-refractivity contribution in [2.24, 2.45) is 0 Å². The summed E-state index contributed by atoms with van der Waals surface area (Å²) in [6.45, 7) is 16.6. The van der Waals surface area contributed by atoms with Gasteiger partial charge in [-0.25, -0.2) is 0 Å². The molecule has 10 aromatic carbocycles. The first-order valence-corrected chi connectivity index (χ1v) is 25.7. The maximum absolute atomic E-state index is 17.1. The molecule has 0 saturated heterocycles. The molecule has 0 radical (unpaired) electrons. The molecule has 12 rings (SSSR count). The van der Waals surface area contributed by atoms with Gasteiger partial charge >= 0.3 is 6.18 Å². The zero-order chi connectivity index (χ0) is 52.9. The van der Waals surface area contributed by atoms with Crippen molar-refractivity contribution in [1.29, 1.82) is 5.26 Å². The van der Waals surface area contributed by atoms with Gasteiger partial charge in [0.1, 0.15) is 5.56 Å². The average molecular weight is 994 g/mol. The van der Waals surface area contributed by atoms with E-state index in [0.717, 1.165) is 111 Å². The molecule has 0 unspecified atom stereocenters. The van der Waals surface area contributed by atoms with Gasteiger partial charge in [-0.1, -0.05) is 154 Å². The number of benzene rings is 10. The second-order valence-electron chi connectivity index (χ2n) is 21.2. The summed E-state index contributed by atoms with van der Waals surface area (Å²) in [6, 6.07) is 63.1. The molecule has 0 aliphatic carbocycles. The highest BCUT2D eigenvalue weighted by Crippen LogP contribution is 2.48. The summed E-state index contributed by atoms with van der Waals surface area (Å²) in [5.74, 6) is 0. The third kappa shape index (κ3) is 8.52. The lowest BCUT2D eigenvalue weighted by Gasteiger charge is -2.23. The van der Waals surface area contributed by atoms with Crippen LogP contribution in [0.2, 0.25) is 0 Å². The number of nitriles is 1. The number of hydrogen-bond acceptors (Lipinski definition) is 1. The fourth-order valence-corrected chi connectivity index (χ4v) is 12.0. The third-order valence-electron chi connectivity index (χ3n) is 14.9. The number of aromatic nitrogens is 2. The highest BCUT2D eigenvalue weighted by molar-refractivity contribution is 6.14. The number of rotatable bonds is 7. The monoisotopic (exact) mass is 993 g/mol. The second-order valence-corrected chi connectivity index (χ2v) is 21.2. The van der Waals surface area contributed by atoms with Crippen molar-refractivity contribution in [2.45, 2.75) is 61.6 Å². The van der Waals surface area contributed by atoms with E-state index in [1.807, 2.05) is 63.7 Å². The molecule has 0 aliphatic rings. The first-order chi connectivity index (χ1) is 36.5. The Morgan fingerprint density at radius 3 is 0.868 bits per heavy atom. The summed E-state index contributed by atoms with van der Waals surface area (Å²) in [6.07, 6.45) is -4.86. The highest BCUT2D eigenvalue weighted by Gasteiger charge is 2.40. The normalized spacial score (nSPS) is 11.9. The smallest absolute Gasteiger partial charge is 0.309 e. The summed E-state index contributed by atoms with van der Waals surface area (Å²) in [5, 5.41) is 13.5. The summed E-state index contributed by atoms with van der Waals surface area (Å²) in [7, 11) is 0. The van der Waals surface area contributed by atoms with Crippen LogP contribution in [0.4, 0.5) is 13.2 Å². The molecule has 0 bridgehead atoms. The van der Waals surface area contributed by atoms with Gasteiger partial charge in [0.05, 0.1) is 45.1 Å². The minimum Gasteiger partial charge on any atom is -0.309 e. The Kier molecular flexibility index (Phi) is 11.5. The Morgan fingerprint density at radius 2 is 0.592 bits per heavy atom. The first-order valence-electron chi connectivity index (χ1n) is 25.7. The molecule has 3 nitrogen and oxygen atoms in total. The van der Waals surface area contributed by atoms with Crippen molar-refractivity contribution in [2.75, 3.05) is 0 Å². The molecule has 12 aromatic rings. The molecule has 370 valence electrons. The molecule has 0 amide bonds. The van der Waals surface area contributed by atoms with E-state index >= 15 is 13.2 Å². The number of aryl methyl sites for hydroxylation is 8. The van der Waals surface area contributed by atoms with Gasteiger partial charge in [0.15, 0.2) is 0 Å². The predicted molar refractivity (Wildman–Crippen MR) is 310 cm³/mol. The minimum absolute atomic E-state index is 0.0191. The quantitative estimate of drug-likeness (QED) is 0.157. The molecule has 6 heteroatoms. The van der Waals surface area contributed by atoms with E-state index < -0.39 is 11.7 Å². The van der Waals surface area contributed by atoms with Gasteiger partial charge in [0.25, 0.3) is 0 Å². The van der Waals surface area contributed by atoms with Crippen LogP contribution in [-0.4, -0.2) is 9.13 Å². The van der Waals surface area contributed by atoms with Crippen LogP contribution >= 0.6 is 0 Å². The fraction of sp³-hybridized carbons (Fsp3) is 0.129. The molecule has 2 heterocycles. The summed E-state index contributed by atoms with van der Waals surface area (Å²) in [4.78, 5) is 0. The van der Waals surface area contributed by atoms with Gasteiger partial charge in [-0.2, -0.15) is 18.4 Å². The maximum Gasteiger partial charge on any atom is 0.420 e. The minimum atomic E-state index is -4.86. The van der Waals surface area contributed by atoms with Crippen LogP contribution in [0.15, 0.2) is 182 Å². The first kappa shape index (κ1) is 48.0. The molecule has 0 aliphatic heterocycles. The van der Waals surface area contributed by atoms with E-state index in [4.69, 9.17) is 0 Å². The standard InChI is InChI=1S/C70H54F3N3/c1-40-20-41(2)25-54(24-40)50-12-16-63-59(33-50)60-34-51(55-26-42(3)21-43(4)27-55)13-17-64(60)75(63)67-37-58(49-11-9-10-48(32-49)39-74)38-68(69(67)70(71,72)73)76-65-18-14-52(56-28-44(5)22-45(6)29-56)35-61(65)62-36-53(15-19-66(62)76)57-30-46(7)23-47(8)31-57/h9-38H,1-8H3. The molecule has 0 fully saturated rings. The molecule has 0 atom stereocenters. The topological polar surface area (TPSA) is 33.6 Å². The van der Waals surface area contributed by atoms with E-state index in [9.17, 15) is 5.26 Å². The zero-order valence-corrected chi connectivity index (χ0v) is 43.8. The molecular formula is C70H54F3N3. The van der Waals surface area contributed by atoms with Crippen molar-refractivity contribution in [3.8, 4) is 73.1 Å². The number of alkyl halides is 3. The highest BCUT2D eigenvalue weighted by atomic mass is 19.4. The van der Waals surface area contributed by atoms with Gasteiger partial charge in [0, 0.05) is 21.5 Å². The van der Waals surface area contributed by atoms with Crippen LogP contribution < -0.4 is 0 Å². The zero-order valence-electron chi connectivity index (χ0n) is 43.8. The Labute approximate surface area is 441 Å². The van der Waals surface area contributed by atoms with Gasteiger partial charge in [-0.3, -0.25) is 0 Å². The Balaban J connectivity index is 1.21. The van der Waals surface area contributed by atoms with E-state index in [0.29, 0.717) is 38.8 Å². The molecule has 0 N–H and O–H groups in total. The molecule has 0 spiro atoms. The van der Waals surface area contributed by atoms with Crippen molar-refractivity contribution in [3.63, 3.8) is 0 Å². The average Bonchev–Trinajstić information content (AvgIpc) is 3.94. The summed E-state index contributed by atoms with van der Waals surface area (Å²) in [5.41, 5.74) is 20.4. The third-order valence-corrected chi connectivity index (χ3v) is 14.9. The van der Waals surface area contributed by atoms with Gasteiger partial charge in [0.2, 0.25) is 0 Å². The number of fused-ring (bicyclic) bond motifs is 6. The number of hydrogen-bond donors (Lipinski definition) is 0. The van der Waals surface area contributed by atoms with Crippen LogP contribution in [0.25, 0.3) is 111 Å². The molecular weight excluding hydrogens is 940 g/mol. The van der Waals surface area contributed by atoms with Gasteiger partial charge in [-0.05, 0) is 184 Å². The Morgan fingerprint density at radius 1 is 0.316 bits per heavy atom. The lowest BCUT2D eigenvalue weighted by Crippen LogP contribution is -2.16. The number of nitrogens with zero attached hydrogens (tertiary/aromatic N) is 3. The van der Waals surface area contributed by atoms with E-state index in [1.54, 1.807) is 30.3 Å². The lowest BCUT2D eigenvalue weighted by atomic mass is 9.97. The van der Waals surface area contributed by atoms with E-state index in [-0.39, 0.29) is 11.4 Å². The lowest BCUT2D eigenvalue weighted by molar-refractivity contribution is -0.137. The van der Waals surface area contributed by atoms with Crippen molar-refractivity contribution < 1.29 is 13.2 Å². The van der Waals surface area contributed by atoms with E-state index in [1.165, 1.54) is 0 Å². The summed E-state index contributed by atoms with van der Waals surface area (Å²) >= 11 is 0. The molecule has 76 heavy (non-hydrogen) atoms. The largest absolute Gasteiger partial charge is 0.420 e. The number of halogens is 3. The van der Waals surface area contributed by atoms with Gasteiger partial charge < -0.3 is 9.13 Å². The Bertz CT molecular complexity index is 3890. The maximum atomic E-state index is 17.1. The van der Waals surface area contributed by atoms with Crippen LogP contribution in [0.1, 0.15) is 55.6 Å². The van der Waals surface area contributed by atoms with Crippen molar-refractivity contribution >= 4 is 43.6 Å². The van der Waals surface area contributed by atoms with Crippen LogP contribution in [0.3, 0.4) is 0 Å². The summed E-state index contributed by atoms with van der Waals surface area (Å²) < 4.78 is 55.0. The molecule has 2 aromatic heterocycles. The van der Waals surface area contributed by atoms with Crippen LogP contribution in [0.5, 0.6) is 0 Å². The molecule has 0 saturated carbocycles. The van der Waals surface area contributed by atoms with Crippen molar-refractivity contribution in [3.05, 3.63) is 238 Å². The SMILES string of the molecule is Cc1cc(C)cc(-c2ccc3c(c2)c2cc(-c4cc(C)cc(C)c4)ccc2n3-c2cc(-c3cccc(C#N)c3)cc(-n3c4ccc(-c5cc(C)cc(C)c5)cc4c4cc(-c5cc(C)cc(C)c5)ccc43)c2C(F)(F)F)c1. The Hall–Kier alpha value is -8.92. The van der Waals surface area contributed by atoms with E-state index in [2.05, 4.69) is 159 Å². The van der Waals surface area contributed by atoms with Gasteiger partial charge in [-0.15, -0.1) is 0 Å². The second kappa shape index (κ2) is 18.2. The van der Waals surface area contributed by atoms with Crippen LogP contribution in [-0.2, 0) is 6.18 Å². The fourth-order valence-electron chi connectivity index (χ4n) is 12.0. The van der Waals surface area contributed by atoms with Crippen molar-refractivity contribution in [1.82, 2.24) is 9.13 Å². The van der Waals surface area contributed by atoms with Crippen LogP contribution in [0, 0.1) is 66.7 Å².